The van der Waals surface area contributed by atoms with Crippen LogP contribution in [-0.2, 0) is 32.1 Å². The number of rotatable bonds is 11. The molecular weight excluding hydrogens is 384 g/mol. The van der Waals surface area contributed by atoms with E-state index in [1.807, 2.05) is 24.5 Å². The van der Waals surface area contributed by atoms with Crippen molar-refractivity contribution in [2.75, 3.05) is 0 Å². The Morgan fingerprint density at radius 1 is 0.677 bits per heavy atom. The summed E-state index contributed by atoms with van der Waals surface area (Å²) in [6.07, 6.45) is 9.52. The van der Waals surface area contributed by atoms with E-state index in [1.54, 1.807) is 0 Å². The molecule has 2 aromatic heterocycles. The lowest BCUT2D eigenvalue weighted by Crippen LogP contribution is -2.05. The van der Waals surface area contributed by atoms with Gasteiger partial charge >= 0.3 is 0 Å². The highest BCUT2D eigenvalue weighted by atomic mass is 16.3. The standard InChI is InChI=1S/C26H30N4O/c31-24(26-28-19-23(30-26)16-8-14-21-11-5-2-6-12-21)17-25-27-18-22(29-25)15-7-13-20-9-3-1-4-10-20/h1-6,9-12,18-19,24,31H,7-8,13-17H2,(H,27,29)(H,28,30). The highest BCUT2D eigenvalue weighted by molar-refractivity contribution is 5.16. The molecule has 1 unspecified atom stereocenters. The zero-order chi connectivity index (χ0) is 21.3. The zero-order valence-electron chi connectivity index (χ0n) is 17.8. The topological polar surface area (TPSA) is 77.6 Å². The van der Waals surface area contributed by atoms with Gasteiger partial charge in [0.05, 0.1) is 0 Å². The van der Waals surface area contributed by atoms with Crippen molar-refractivity contribution in [3.8, 4) is 0 Å². The summed E-state index contributed by atoms with van der Waals surface area (Å²) < 4.78 is 0. The maximum atomic E-state index is 10.6. The normalized spacial score (nSPS) is 12.2. The van der Waals surface area contributed by atoms with Crippen LogP contribution in [-0.4, -0.2) is 25.0 Å². The van der Waals surface area contributed by atoms with Crippen molar-refractivity contribution in [3.05, 3.63) is 107 Å². The fourth-order valence-corrected chi connectivity index (χ4v) is 3.84. The van der Waals surface area contributed by atoms with Crippen LogP contribution in [0.3, 0.4) is 0 Å². The third-order valence-corrected chi connectivity index (χ3v) is 5.54. The van der Waals surface area contributed by atoms with Gasteiger partial charge in [0, 0.05) is 30.2 Å². The van der Waals surface area contributed by atoms with Gasteiger partial charge in [-0.25, -0.2) is 9.97 Å². The SMILES string of the molecule is OC(Cc1ncc(CCCc2ccccc2)[nH]1)c1ncc(CCCc2ccccc2)[nH]1. The molecule has 4 rings (SSSR count). The molecular formula is C26H30N4O. The van der Waals surface area contributed by atoms with E-state index in [9.17, 15) is 5.11 Å². The van der Waals surface area contributed by atoms with Crippen molar-refractivity contribution in [1.29, 1.82) is 0 Å². The molecule has 2 heterocycles. The number of aromatic amines is 2. The molecule has 0 amide bonds. The molecule has 0 fully saturated rings. The van der Waals surface area contributed by atoms with Gasteiger partial charge in [-0.3, -0.25) is 0 Å². The second kappa shape index (κ2) is 10.7. The first-order chi connectivity index (χ1) is 15.3. The molecule has 0 aliphatic rings. The molecule has 160 valence electrons. The molecule has 4 aromatic rings. The maximum Gasteiger partial charge on any atom is 0.135 e. The number of benzene rings is 2. The number of H-pyrrole nitrogens is 2. The molecule has 1 atom stereocenters. The van der Waals surface area contributed by atoms with Gasteiger partial charge in [0.15, 0.2) is 0 Å². The van der Waals surface area contributed by atoms with Gasteiger partial charge in [0.25, 0.3) is 0 Å². The lowest BCUT2D eigenvalue weighted by molar-refractivity contribution is 0.167. The van der Waals surface area contributed by atoms with Gasteiger partial charge in [0.2, 0.25) is 0 Å². The fourth-order valence-electron chi connectivity index (χ4n) is 3.84. The Morgan fingerprint density at radius 2 is 1.23 bits per heavy atom. The van der Waals surface area contributed by atoms with Gasteiger partial charge in [-0.1, -0.05) is 60.7 Å². The van der Waals surface area contributed by atoms with E-state index in [0.29, 0.717) is 12.2 Å². The summed E-state index contributed by atoms with van der Waals surface area (Å²) in [4.78, 5) is 15.4. The van der Waals surface area contributed by atoms with Crippen LogP contribution in [0.15, 0.2) is 73.1 Å². The quantitative estimate of drug-likeness (QED) is 0.331. The largest absolute Gasteiger partial charge is 0.385 e. The molecule has 5 heteroatoms. The van der Waals surface area contributed by atoms with Crippen LogP contribution in [0.5, 0.6) is 0 Å². The van der Waals surface area contributed by atoms with Crippen LogP contribution in [0.2, 0.25) is 0 Å². The first-order valence-corrected chi connectivity index (χ1v) is 11.1. The fraction of sp³-hybridized carbons (Fsp3) is 0.308. The van der Waals surface area contributed by atoms with Crippen LogP contribution in [0, 0.1) is 0 Å². The van der Waals surface area contributed by atoms with Crippen LogP contribution in [0.4, 0.5) is 0 Å². The summed E-state index contributed by atoms with van der Waals surface area (Å²) in [6, 6.07) is 21.0. The summed E-state index contributed by atoms with van der Waals surface area (Å²) in [6.45, 7) is 0. The van der Waals surface area contributed by atoms with E-state index in [4.69, 9.17) is 0 Å². The summed E-state index contributed by atoms with van der Waals surface area (Å²) >= 11 is 0. The highest BCUT2D eigenvalue weighted by Gasteiger charge is 2.14. The molecule has 31 heavy (non-hydrogen) atoms. The third kappa shape index (κ3) is 6.40. The molecule has 0 saturated carbocycles. The average Bonchev–Trinajstić information content (AvgIpc) is 3.45. The van der Waals surface area contributed by atoms with E-state index in [1.165, 1.54) is 11.1 Å². The summed E-state index contributed by atoms with van der Waals surface area (Å²) in [5.74, 6) is 1.40. The number of aryl methyl sites for hydroxylation is 4. The summed E-state index contributed by atoms with van der Waals surface area (Å²) in [5.41, 5.74) is 4.87. The Kier molecular flexibility index (Phi) is 7.29. The van der Waals surface area contributed by atoms with Crippen LogP contribution in [0.25, 0.3) is 0 Å². The minimum absolute atomic E-state index is 0.426. The van der Waals surface area contributed by atoms with E-state index >= 15 is 0 Å². The van der Waals surface area contributed by atoms with Gasteiger partial charge in [-0.2, -0.15) is 0 Å². The molecule has 0 saturated heterocycles. The van der Waals surface area contributed by atoms with Crippen LogP contribution < -0.4 is 0 Å². The number of hydrogen-bond donors (Lipinski definition) is 3. The lowest BCUT2D eigenvalue weighted by Gasteiger charge is -2.06. The highest BCUT2D eigenvalue weighted by Crippen LogP contribution is 2.16. The van der Waals surface area contributed by atoms with E-state index in [2.05, 4.69) is 68.5 Å². The molecule has 5 nitrogen and oxygen atoms in total. The van der Waals surface area contributed by atoms with Crippen molar-refractivity contribution < 1.29 is 5.11 Å². The Labute approximate surface area is 183 Å². The molecule has 3 N–H and O–H groups in total. The van der Waals surface area contributed by atoms with Crippen LogP contribution >= 0.6 is 0 Å². The van der Waals surface area contributed by atoms with E-state index in [0.717, 1.165) is 55.7 Å². The second-order valence-corrected chi connectivity index (χ2v) is 8.05. The minimum atomic E-state index is -0.689. The van der Waals surface area contributed by atoms with Crippen molar-refractivity contribution in [1.82, 2.24) is 19.9 Å². The maximum absolute atomic E-state index is 10.6. The van der Waals surface area contributed by atoms with Crippen LogP contribution in [0.1, 0.15) is 53.1 Å². The number of imidazole rings is 2. The first kappa shape index (κ1) is 21.1. The zero-order valence-corrected chi connectivity index (χ0v) is 17.8. The van der Waals surface area contributed by atoms with Gasteiger partial charge in [-0.05, 0) is 49.7 Å². The third-order valence-electron chi connectivity index (χ3n) is 5.54. The summed E-state index contributed by atoms with van der Waals surface area (Å²) in [5, 5.41) is 10.6. The van der Waals surface area contributed by atoms with Crippen molar-refractivity contribution in [2.24, 2.45) is 0 Å². The predicted octanol–water partition coefficient (Wildman–Crippen LogP) is 4.76. The van der Waals surface area contributed by atoms with Crippen molar-refractivity contribution in [3.63, 3.8) is 0 Å². The summed E-state index contributed by atoms with van der Waals surface area (Å²) in [7, 11) is 0. The number of aliphatic hydroxyl groups excluding tert-OH is 1. The van der Waals surface area contributed by atoms with Gasteiger partial charge in [-0.15, -0.1) is 0 Å². The Morgan fingerprint density at radius 3 is 1.84 bits per heavy atom. The molecule has 0 bridgehead atoms. The molecule has 0 spiro atoms. The van der Waals surface area contributed by atoms with Gasteiger partial charge < -0.3 is 15.1 Å². The molecule has 0 aliphatic heterocycles. The van der Waals surface area contributed by atoms with Gasteiger partial charge in [0.1, 0.15) is 17.8 Å². The van der Waals surface area contributed by atoms with Crippen molar-refractivity contribution in [2.45, 2.75) is 51.0 Å². The molecule has 0 radical (unpaired) electrons. The number of aromatic nitrogens is 4. The Bertz CT molecular complexity index is 1040. The smallest absolute Gasteiger partial charge is 0.135 e. The van der Waals surface area contributed by atoms with E-state index in [-0.39, 0.29) is 0 Å². The first-order valence-electron chi connectivity index (χ1n) is 11.1. The Hall–Kier alpha value is -3.18. The van der Waals surface area contributed by atoms with Crippen molar-refractivity contribution >= 4 is 0 Å². The second-order valence-electron chi connectivity index (χ2n) is 8.05. The number of nitrogens with zero attached hydrogens (tertiary/aromatic N) is 2. The monoisotopic (exact) mass is 414 g/mol. The number of nitrogens with one attached hydrogen (secondary N) is 2. The number of hydrogen-bond acceptors (Lipinski definition) is 3. The average molecular weight is 415 g/mol. The minimum Gasteiger partial charge on any atom is -0.385 e. The predicted molar refractivity (Wildman–Crippen MR) is 123 cm³/mol. The number of aliphatic hydroxyl groups is 1. The Balaban J connectivity index is 1.22. The molecule has 0 aliphatic carbocycles. The van der Waals surface area contributed by atoms with E-state index < -0.39 is 6.10 Å². The lowest BCUT2D eigenvalue weighted by atomic mass is 10.1. The molecule has 2 aromatic carbocycles.